The van der Waals surface area contributed by atoms with Crippen LogP contribution in [0.2, 0.25) is 0 Å². The van der Waals surface area contributed by atoms with Crippen LogP contribution < -0.4 is 0 Å². The minimum atomic E-state index is -0.778. The van der Waals surface area contributed by atoms with Crippen LogP contribution in [0.3, 0.4) is 0 Å². The summed E-state index contributed by atoms with van der Waals surface area (Å²) in [6, 6.07) is 0.522. The van der Waals surface area contributed by atoms with E-state index in [-0.39, 0.29) is 12.3 Å². The summed E-state index contributed by atoms with van der Waals surface area (Å²) in [4.78, 5) is 13.2. The molecule has 1 heterocycles. The molecule has 12 heavy (non-hydrogen) atoms. The first-order valence-corrected chi connectivity index (χ1v) is 4.45. The van der Waals surface area contributed by atoms with Gasteiger partial charge in [-0.3, -0.25) is 4.79 Å². The van der Waals surface area contributed by atoms with Crippen LogP contribution in [-0.4, -0.2) is 33.6 Å². The van der Waals surface area contributed by atoms with E-state index in [0.29, 0.717) is 6.04 Å². The Morgan fingerprint density at radius 3 is 2.67 bits per heavy atom. The molecule has 1 aliphatic heterocycles. The molecular formula is C8H13NO2S. The lowest BCUT2D eigenvalue weighted by atomic mass is 10.1. The molecule has 1 rings (SSSR count). The zero-order valence-corrected chi connectivity index (χ0v) is 8.10. The van der Waals surface area contributed by atoms with E-state index in [2.05, 4.69) is 11.8 Å². The van der Waals surface area contributed by atoms with Gasteiger partial charge in [-0.25, -0.2) is 0 Å². The van der Waals surface area contributed by atoms with Gasteiger partial charge in [0.1, 0.15) is 0 Å². The van der Waals surface area contributed by atoms with E-state index in [1.165, 1.54) is 0 Å². The summed E-state index contributed by atoms with van der Waals surface area (Å²) in [6.45, 7) is 4.93. The van der Waals surface area contributed by atoms with E-state index in [1.807, 2.05) is 6.92 Å². The van der Waals surface area contributed by atoms with E-state index in [0.717, 1.165) is 11.5 Å². The first-order valence-electron chi connectivity index (χ1n) is 4.04. The summed E-state index contributed by atoms with van der Waals surface area (Å²) in [7, 11) is 0. The molecule has 1 saturated heterocycles. The summed E-state index contributed by atoms with van der Waals surface area (Å²) in [5.41, 5.74) is 0. The largest absolute Gasteiger partial charge is 0.481 e. The van der Waals surface area contributed by atoms with Gasteiger partial charge < -0.3 is 10.0 Å². The first-order chi connectivity index (χ1) is 5.52. The molecule has 0 radical (unpaired) electrons. The third-order valence-corrected chi connectivity index (χ3v) is 2.68. The monoisotopic (exact) mass is 187 g/mol. The smallest absolute Gasteiger partial charge is 0.304 e. The van der Waals surface area contributed by atoms with Crippen LogP contribution in [0.15, 0.2) is 0 Å². The number of carbonyl (C=O) groups is 1. The summed E-state index contributed by atoms with van der Waals surface area (Å²) in [5.74, 6) is -0.790. The Hall–Kier alpha value is -0.640. The third-order valence-electron chi connectivity index (χ3n) is 2.04. The highest BCUT2D eigenvalue weighted by Crippen LogP contribution is 2.22. The highest BCUT2D eigenvalue weighted by Gasteiger charge is 2.33. The molecule has 0 aliphatic carbocycles. The number of thiocarbonyl (C=S) groups is 1. The van der Waals surface area contributed by atoms with Gasteiger partial charge in [-0.15, -0.1) is 0 Å². The SMILES string of the molecule is CC(CC(=O)O)C(=S)N1CC1C. The topological polar surface area (TPSA) is 40.3 Å². The number of rotatable bonds is 3. The number of hydrogen-bond donors (Lipinski definition) is 1. The Labute approximate surface area is 77.4 Å². The fraction of sp³-hybridized carbons (Fsp3) is 0.750. The molecule has 3 nitrogen and oxygen atoms in total. The van der Waals surface area contributed by atoms with Gasteiger partial charge >= 0.3 is 5.97 Å². The van der Waals surface area contributed by atoms with E-state index in [4.69, 9.17) is 17.3 Å². The van der Waals surface area contributed by atoms with Gasteiger partial charge in [0.15, 0.2) is 0 Å². The first kappa shape index (κ1) is 9.45. The third kappa shape index (κ3) is 2.17. The molecular weight excluding hydrogens is 174 g/mol. The van der Waals surface area contributed by atoms with E-state index in [1.54, 1.807) is 0 Å². The van der Waals surface area contributed by atoms with Crippen molar-refractivity contribution in [3.05, 3.63) is 0 Å². The van der Waals surface area contributed by atoms with Crippen LogP contribution in [0, 0.1) is 5.92 Å². The lowest BCUT2D eigenvalue weighted by molar-refractivity contribution is -0.137. The van der Waals surface area contributed by atoms with Crippen molar-refractivity contribution in [2.45, 2.75) is 26.3 Å². The molecule has 0 spiro atoms. The van der Waals surface area contributed by atoms with Crippen molar-refractivity contribution in [2.24, 2.45) is 5.92 Å². The molecule has 4 heteroatoms. The van der Waals surface area contributed by atoms with Gasteiger partial charge in [0, 0.05) is 18.5 Å². The van der Waals surface area contributed by atoms with Crippen LogP contribution in [0.25, 0.3) is 0 Å². The van der Waals surface area contributed by atoms with Crippen molar-refractivity contribution in [1.82, 2.24) is 4.90 Å². The van der Waals surface area contributed by atoms with Crippen LogP contribution in [0.5, 0.6) is 0 Å². The molecule has 2 atom stereocenters. The second-order valence-corrected chi connectivity index (χ2v) is 3.76. The maximum absolute atomic E-state index is 10.4. The summed E-state index contributed by atoms with van der Waals surface area (Å²) < 4.78 is 0. The second-order valence-electron chi connectivity index (χ2n) is 3.34. The number of carboxylic acid groups (broad SMARTS) is 1. The van der Waals surface area contributed by atoms with Crippen molar-refractivity contribution in [1.29, 1.82) is 0 Å². The van der Waals surface area contributed by atoms with Gasteiger partial charge in [0.25, 0.3) is 0 Å². The van der Waals surface area contributed by atoms with Gasteiger partial charge in [0.2, 0.25) is 0 Å². The van der Waals surface area contributed by atoms with E-state index < -0.39 is 5.97 Å². The van der Waals surface area contributed by atoms with E-state index in [9.17, 15) is 4.79 Å². The van der Waals surface area contributed by atoms with Gasteiger partial charge in [-0.1, -0.05) is 19.1 Å². The summed E-state index contributed by atoms with van der Waals surface area (Å²) >= 11 is 5.12. The van der Waals surface area contributed by atoms with Crippen molar-refractivity contribution >= 4 is 23.2 Å². The standard InChI is InChI=1S/C8H13NO2S/c1-5(3-7(10)11)8(12)9-4-6(9)2/h5-6H,3-4H2,1-2H3,(H,10,11). The minimum Gasteiger partial charge on any atom is -0.481 e. The Morgan fingerprint density at radius 1 is 1.83 bits per heavy atom. The van der Waals surface area contributed by atoms with Crippen LogP contribution in [0.4, 0.5) is 0 Å². The molecule has 2 unspecified atom stereocenters. The number of hydrogen-bond acceptors (Lipinski definition) is 2. The molecule has 0 bridgehead atoms. The van der Waals surface area contributed by atoms with Crippen molar-refractivity contribution in [3.8, 4) is 0 Å². The quantitative estimate of drug-likeness (QED) is 0.531. The van der Waals surface area contributed by atoms with Crippen molar-refractivity contribution in [2.75, 3.05) is 6.54 Å². The highest BCUT2D eigenvalue weighted by atomic mass is 32.1. The molecule has 1 N–H and O–H groups in total. The minimum absolute atomic E-state index is 0.0116. The molecule has 0 amide bonds. The Bertz CT molecular complexity index is 217. The van der Waals surface area contributed by atoms with Crippen LogP contribution in [0.1, 0.15) is 20.3 Å². The van der Waals surface area contributed by atoms with Crippen LogP contribution in [-0.2, 0) is 4.79 Å². The molecule has 0 aromatic rings. The second kappa shape index (κ2) is 3.39. The molecule has 1 fully saturated rings. The van der Waals surface area contributed by atoms with E-state index >= 15 is 0 Å². The Morgan fingerprint density at radius 2 is 2.33 bits per heavy atom. The molecule has 68 valence electrons. The fourth-order valence-corrected chi connectivity index (χ4v) is 1.51. The average Bonchev–Trinajstić information content (AvgIpc) is 2.64. The maximum Gasteiger partial charge on any atom is 0.304 e. The molecule has 0 saturated carbocycles. The predicted octanol–water partition coefficient (Wildman–Crippen LogP) is 1.13. The van der Waals surface area contributed by atoms with Gasteiger partial charge in [-0.05, 0) is 6.92 Å². The zero-order chi connectivity index (χ0) is 9.30. The van der Waals surface area contributed by atoms with Crippen LogP contribution >= 0.6 is 12.2 Å². The average molecular weight is 187 g/mol. The van der Waals surface area contributed by atoms with Gasteiger partial charge in [0.05, 0.1) is 11.4 Å². The van der Waals surface area contributed by atoms with Gasteiger partial charge in [-0.2, -0.15) is 0 Å². The maximum atomic E-state index is 10.4. The fourth-order valence-electron chi connectivity index (χ4n) is 1.18. The molecule has 0 aromatic heterocycles. The summed E-state index contributed by atoms with van der Waals surface area (Å²) in [6.07, 6.45) is 0.141. The highest BCUT2D eigenvalue weighted by molar-refractivity contribution is 7.80. The normalized spacial score (nSPS) is 23.5. The predicted molar refractivity (Wildman–Crippen MR) is 50.2 cm³/mol. The number of nitrogens with zero attached hydrogens (tertiary/aromatic N) is 1. The lowest BCUT2D eigenvalue weighted by Crippen LogP contribution is -2.21. The molecule has 0 aromatic carbocycles. The van der Waals surface area contributed by atoms with Crippen molar-refractivity contribution in [3.63, 3.8) is 0 Å². The summed E-state index contributed by atoms with van der Waals surface area (Å²) in [5, 5.41) is 8.52. The van der Waals surface area contributed by atoms with Crippen molar-refractivity contribution < 1.29 is 9.90 Å². The number of aliphatic carboxylic acids is 1. The Balaban J connectivity index is 2.37. The number of carboxylic acids is 1. The molecule has 1 aliphatic rings. The lowest BCUT2D eigenvalue weighted by Gasteiger charge is -2.12. The Kier molecular flexibility index (Phi) is 2.67. The zero-order valence-electron chi connectivity index (χ0n) is 7.28.